The van der Waals surface area contributed by atoms with E-state index in [1.165, 1.54) is 0 Å². The Hall–Kier alpha value is -1.55. The van der Waals surface area contributed by atoms with Crippen LogP contribution in [0.1, 0.15) is 44.6 Å². The molecule has 0 unspecified atom stereocenters. The first-order valence-electron chi connectivity index (χ1n) is 7.41. The average molecular weight is 292 g/mol. The van der Waals surface area contributed by atoms with E-state index in [1.54, 1.807) is 7.11 Å². The molecule has 1 aromatic rings. The van der Waals surface area contributed by atoms with Crippen LogP contribution in [0.3, 0.4) is 0 Å². The highest BCUT2D eigenvalue weighted by Crippen LogP contribution is 2.40. The molecule has 0 saturated carbocycles. The largest absolute Gasteiger partial charge is 0.497 e. The van der Waals surface area contributed by atoms with Crippen LogP contribution in [-0.4, -0.2) is 30.4 Å². The zero-order valence-electron chi connectivity index (χ0n) is 13.0. The molecule has 2 rings (SSSR count). The fraction of sp³-hybridized carbons (Fsp3) is 0.588. The molecule has 1 aliphatic rings. The van der Waals surface area contributed by atoms with Gasteiger partial charge in [0.05, 0.1) is 19.1 Å². The second-order valence-electron chi connectivity index (χ2n) is 6.34. The van der Waals surface area contributed by atoms with E-state index in [1.807, 2.05) is 24.3 Å². The summed E-state index contributed by atoms with van der Waals surface area (Å²) in [4.78, 5) is 11.3. The van der Waals surface area contributed by atoms with Crippen molar-refractivity contribution >= 4 is 5.97 Å². The van der Waals surface area contributed by atoms with E-state index >= 15 is 0 Å². The number of ether oxygens (including phenoxy) is 2. The Balaban J connectivity index is 2.22. The second-order valence-corrected chi connectivity index (χ2v) is 6.34. The van der Waals surface area contributed by atoms with Gasteiger partial charge in [-0.3, -0.25) is 4.79 Å². The van der Waals surface area contributed by atoms with Crippen molar-refractivity contribution in [3.05, 3.63) is 29.8 Å². The molecule has 1 heterocycles. The van der Waals surface area contributed by atoms with E-state index in [4.69, 9.17) is 9.47 Å². The zero-order valence-corrected chi connectivity index (χ0v) is 13.0. The number of carboxylic acids is 1. The van der Waals surface area contributed by atoms with E-state index in [2.05, 4.69) is 13.8 Å². The Bertz CT molecular complexity index is 478. The van der Waals surface area contributed by atoms with Gasteiger partial charge in [-0.1, -0.05) is 12.1 Å². The molecule has 1 N–H and O–H groups in total. The van der Waals surface area contributed by atoms with Crippen molar-refractivity contribution < 1.29 is 19.4 Å². The van der Waals surface area contributed by atoms with Crippen LogP contribution in [0.5, 0.6) is 5.75 Å². The van der Waals surface area contributed by atoms with Crippen LogP contribution in [0.25, 0.3) is 0 Å². The number of methoxy groups -OCH3 is 1. The Morgan fingerprint density at radius 2 is 2.10 bits per heavy atom. The first-order chi connectivity index (χ1) is 9.91. The van der Waals surface area contributed by atoms with Gasteiger partial charge < -0.3 is 14.6 Å². The summed E-state index contributed by atoms with van der Waals surface area (Å²) in [7, 11) is 1.63. The van der Waals surface area contributed by atoms with Gasteiger partial charge in [-0.2, -0.15) is 0 Å². The maximum atomic E-state index is 11.3. The molecule has 1 fully saturated rings. The molecule has 4 nitrogen and oxygen atoms in total. The van der Waals surface area contributed by atoms with Crippen molar-refractivity contribution in [3.63, 3.8) is 0 Å². The molecule has 1 saturated heterocycles. The van der Waals surface area contributed by atoms with Gasteiger partial charge in [-0.15, -0.1) is 0 Å². The molecule has 0 radical (unpaired) electrons. The quantitative estimate of drug-likeness (QED) is 0.903. The highest BCUT2D eigenvalue weighted by molar-refractivity contribution is 5.68. The van der Waals surface area contributed by atoms with Gasteiger partial charge >= 0.3 is 5.97 Å². The van der Waals surface area contributed by atoms with E-state index in [0.29, 0.717) is 12.5 Å². The number of aliphatic carboxylic acids is 1. The molecule has 0 spiro atoms. The Kier molecular flexibility index (Phi) is 4.88. The van der Waals surface area contributed by atoms with Crippen molar-refractivity contribution in [3.8, 4) is 5.75 Å². The standard InChI is InChI=1S/C17H24O4/c1-17(2)11-13(8-9-21-17)15(10-16(18)19)12-4-6-14(20-3)7-5-12/h4-7,13,15H,8-11H2,1-3H3,(H,18,19)/t13-,15-/m1/s1. The van der Waals surface area contributed by atoms with Gasteiger partial charge in [-0.05, 0) is 56.2 Å². The molecule has 1 aromatic carbocycles. The average Bonchev–Trinajstić information content (AvgIpc) is 2.43. The van der Waals surface area contributed by atoms with Crippen molar-refractivity contribution in [2.45, 2.75) is 44.6 Å². The Morgan fingerprint density at radius 1 is 1.43 bits per heavy atom. The molecule has 0 aromatic heterocycles. The van der Waals surface area contributed by atoms with Crippen molar-refractivity contribution in [2.24, 2.45) is 5.92 Å². The SMILES string of the molecule is COc1ccc([C@@H](CC(=O)O)[C@@H]2CCOC(C)(C)C2)cc1. The molecule has 4 heteroatoms. The topological polar surface area (TPSA) is 55.8 Å². The van der Waals surface area contributed by atoms with Crippen LogP contribution in [0.4, 0.5) is 0 Å². The van der Waals surface area contributed by atoms with Gasteiger partial charge in [0, 0.05) is 6.61 Å². The third kappa shape index (κ3) is 4.21. The minimum atomic E-state index is -0.750. The molecule has 1 aliphatic heterocycles. The zero-order chi connectivity index (χ0) is 15.5. The summed E-state index contributed by atoms with van der Waals surface area (Å²) in [5.74, 6) is 0.398. The first-order valence-corrected chi connectivity index (χ1v) is 7.41. The molecule has 21 heavy (non-hydrogen) atoms. The van der Waals surface area contributed by atoms with E-state index in [-0.39, 0.29) is 17.9 Å². The highest BCUT2D eigenvalue weighted by atomic mass is 16.5. The summed E-state index contributed by atoms with van der Waals surface area (Å²) < 4.78 is 10.9. The third-order valence-corrected chi connectivity index (χ3v) is 4.24. The summed E-state index contributed by atoms with van der Waals surface area (Å²) in [5, 5.41) is 9.25. The van der Waals surface area contributed by atoms with Crippen molar-refractivity contribution in [2.75, 3.05) is 13.7 Å². The van der Waals surface area contributed by atoms with Gasteiger partial charge in [0.2, 0.25) is 0 Å². The van der Waals surface area contributed by atoms with E-state index < -0.39 is 5.97 Å². The number of hydrogen-bond acceptors (Lipinski definition) is 3. The van der Waals surface area contributed by atoms with Gasteiger partial charge in [0.15, 0.2) is 0 Å². The maximum absolute atomic E-state index is 11.3. The minimum absolute atomic E-state index is 0.0246. The summed E-state index contributed by atoms with van der Waals surface area (Å²) >= 11 is 0. The lowest BCUT2D eigenvalue weighted by molar-refractivity contribution is -0.138. The molecule has 116 valence electrons. The number of benzene rings is 1. The monoisotopic (exact) mass is 292 g/mol. The van der Waals surface area contributed by atoms with Crippen molar-refractivity contribution in [1.82, 2.24) is 0 Å². The fourth-order valence-electron chi connectivity index (χ4n) is 3.22. The fourth-order valence-corrected chi connectivity index (χ4v) is 3.22. The lowest BCUT2D eigenvalue weighted by atomic mass is 9.75. The molecule has 0 aliphatic carbocycles. The van der Waals surface area contributed by atoms with Gasteiger partial charge in [-0.25, -0.2) is 0 Å². The number of hydrogen-bond donors (Lipinski definition) is 1. The first kappa shape index (κ1) is 15.8. The van der Waals surface area contributed by atoms with Gasteiger partial charge in [0.1, 0.15) is 5.75 Å². The predicted molar refractivity (Wildman–Crippen MR) is 80.7 cm³/mol. The van der Waals surface area contributed by atoms with Crippen LogP contribution in [0, 0.1) is 5.92 Å². The Labute approximate surface area is 126 Å². The number of carbonyl (C=O) groups is 1. The number of carboxylic acid groups (broad SMARTS) is 1. The minimum Gasteiger partial charge on any atom is -0.497 e. The number of rotatable bonds is 5. The van der Waals surface area contributed by atoms with E-state index in [0.717, 1.165) is 24.2 Å². The summed E-state index contributed by atoms with van der Waals surface area (Å²) in [5.41, 5.74) is 0.896. The molecular weight excluding hydrogens is 268 g/mol. The lowest BCUT2D eigenvalue weighted by Crippen LogP contribution is -2.36. The van der Waals surface area contributed by atoms with Crippen LogP contribution in [0.15, 0.2) is 24.3 Å². The van der Waals surface area contributed by atoms with E-state index in [9.17, 15) is 9.90 Å². The molecule has 0 bridgehead atoms. The van der Waals surface area contributed by atoms with Crippen LogP contribution >= 0.6 is 0 Å². The van der Waals surface area contributed by atoms with Crippen LogP contribution < -0.4 is 4.74 Å². The second kappa shape index (κ2) is 6.48. The normalized spacial score (nSPS) is 22.5. The predicted octanol–water partition coefficient (Wildman–Crippen LogP) is 3.46. The van der Waals surface area contributed by atoms with Gasteiger partial charge in [0.25, 0.3) is 0 Å². The summed E-state index contributed by atoms with van der Waals surface area (Å²) in [6.45, 7) is 4.85. The van der Waals surface area contributed by atoms with Crippen LogP contribution in [-0.2, 0) is 9.53 Å². The smallest absolute Gasteiger partial charge is 0.303 e. The molecular formula is C17H24O4. The van der Waals surface area contributed by atoms with Crippen molar-refractivity contribution in [1.29, 1.82) is 0 Å². The summed E-state index contributed by atoms with van der Waals surface area (Å²) in [6.07, 6.45) is 1.96. The Morgan fingerprint density at radius 3 is 2.62 bits per heavy atom. The summed E-state index contributed by atoms with van der Waals surface area (Å²) in [6, 6.07) is 7.76. The maximum Gasteiger partial charge on any atom is 0.303 e. The lowest BCUT2D eigenvalue weighted by Gasteiger charge is -2.39. The molecule has 2 atom stereocenters. The van der Waals surface area contributed by atoms with Crippen LogP contribution in [0.2, 0.25) is 0 Å². The third-order valence-electron chi connectivity index (χ3n) is 4.24. The molecule has 0 amide bonds. The highest BCUT2D eigenvalue weighted by Gasteiger charge is 2.35.